The molecular formula is C117H130N10O15. The largest absolute Gasteiger partial charge is 0.338 e. The highest BCUT2D eigenvalue weighted by Crippen LogP contribution is 2.42. The first-order valence-corrected chi connectivity index (χ1v) is 51.6. The Bertz CT molecular complexity index is 5770. The van der Waals surface area contributed by atoms with Crippen molar-refractivity contribution in [3.63, 3.8) is 0 Å². The van der Waals surface area contributed by atoms with Crippen molar-refractivity contribution in [3.05, 3.63) is 317 Å². The Morgan fingerprint density at radius 2 is 0.570 bits per heavy atom. The van der Waals surface area contributed by atoms with Crippen molar-refractivity contribution in [3.8, 4) is 0 Å². The summed E-state index contributed by atoms with van der Waals surface area (Å²) < 4.78 is 0. The van der Waals surface area contributed by atoms with Gasteiger partial charge in [0.05, 0.1) is 24.8 Å². The summed E-state index contributed by atoms with van der Waals surface area (Å²) in [5.74, 6) is -7.93. The Balaban J connectivity index is 0.000000128. The Hall–Kier alpha value is -14.0. The molecule has 738 valence electrons. The van der Waals surface area contributed by atoms with Crippen LogP contribution in [0.4, 0.5) is 29.7 Å². The molecule has 9 aromatic rings. The molecular weight excluding hydrogens is 1790 g/mol. The number of imide groups is 10. The van der Waals surface area contributed by atoms with Gasteiger partial charge in [-0.3, -0.25) is 92.5 Å². The Labute approximate surface area is 832 Å². The molecule has 11 fully saturated rings. The van der Waals surface area contributed by atoms with Crippen LogP contribution in [0.3, 0.4) is 0 Å². The van der Waals surface area contributed by atoms with Crippen LogP contribution >= 0.6 is 0 Å². The number of nitrogens with one attached hydrogen (secondary N) is 1. The molecule has 9 aromatic carbocycles. The number of nitrogens with zero attached hydrogens (tertiary/aromatic N) is 9. The highest BCUT2D eigenvalue weighted by molar-refractivity contribution is 6.28. The van der Waals surface area contributed by atoms with Crippen molar-refractivity contribution < 1.29 is 71.9 Å². The van der Waals surface area contributed by atoms with Crippen molar-refractivity contribution in [2.75, 3.05) is 4.90 Å². The summed E-state index contributed by atoms with van der Waals surface area (Å²) in [5, 5.41) is 2.38. The van der Waals surface area contributed by atoms with Crippen molar-refractivity contribution >= 4 is 94.9 Å². The average molecular weight is 1920 g/mol. The third-order valence-corrected chi connectivity index (χ3v) is 30.1. The van der Waals surface area contributed by atoms with Crippen LogP contribution in [-0.2, 0) is 80.3 Å². The molecule has 142 heavy (non-hydrogen) atoms. The zero-order valence-electron chi connectivity index (χ0n) is 81.2. The smallest absolute Gasteiger partial charge is 0.277 e. The number of carbonyl (C=O) groups excluding carboxylic acids is 15. The lowest BCUT2D eigenvalue weighted by atomic mass is 9.78. The van der Waals surface area contributed by atoms with Gasteiger partial charge in [0.2, 0.25) is 59.1 Å². The molecule has 5 saturated heterocycles. The minimum absolute atomic E-state index is 0.00587. The van der Waals surface area contributed by atoms with E-state index < -0.39 is 65.5 Å². The van der Waals surface area contributed by atoms with Crippen LogP contribution < -0.4 is 10.2 Å². The van der Waals surface area contributed by atoms with E-state index in [1.807, 2.05) is 250 Å². The fourth-order valence-corrected chi connectivity index (χ4v) is 22.6. The summed E-state index contributed by atoms with van der Waals surface area (Å²) in [6, 6.07) is 79.3. The van der Waals surface area contributed by atoms with Gasteiger partial charge in [0.1, 0.15) is 29.6 Å². The number of hydrogen-bond donors (Lipinski definition) is 1. The van der Waals surface area contributed by atoms with Crippen molar-refractivity contribution in [2.24, 2.45) is 29.6 Å². The van der Waals surface area contributed by atoms with Crippen LogP contribution in [0, 0.1) is 36.5 Å². The van der Waals surface area contributed by atoms with Gasteiger partial charge in [0.15, 0.2) is 0 Å². The van der Waals surface area contributed by atoms with Gasteiger partial charge < -0.3 is 0 Å². The van der Waals surface area contributed by atoms with Gasteiger partial charge in [-0.05, 0) is 166 Å². The molecule has 6 saturated carbocycles. The second-order valence-corrected chi connectivity index (χ2v) is 39.6. The topological polar surface area (TPSA) is 297 Å². The second-order valence-electron chi connectivity index (χ2n) is 39.6. The average Bonchev–Trinajstić information content (AvgIpc) is 0.769. The molecule has 5 heterocycles. The third-order valence-electron chi connectivity index (χ3n) is 30.1. The first-order valence-electron chi connectivity index (χ1n) is 51.6. The molecule has 11 aliphatic rings. The van der Waals surface area contributed by atoms with Crippen molar-refractivity contribution in [1.82, 2.24) is 44.5 Å². The van der Waals surface area contributed by atoms with Gasteiger partial charge >= 0.3 is 30.2 Å². The predicted molar refractivity (Wildman–Crippen MR) is 538 cm³/mol. The summed E-state index contributed by atoms with van der Waals surface area (Å²) in [6.07, 6.45) is 30.5. The number of rotatable bonds is 21. The Morgan fingerprint density at radius 1 is 0.268 bits per heavy atom. The van der Waals surface area contributed by atoms with Crippen LogP contribution in [-0.4, -0.2) is 159 Å². The number of aryl methyl sites for hydroxylation is 1. The van der Waals surface area contributed by atoms with Gasteiger partial charge in [-0.25, -0.2) is 28.9 Å². The van der Waals surface area contributed by atoms with Crippen LogP contribution in [0.15, 0.2) is 267 Å². The van der Waals surface area contributed by atoms with Gasteiger partial charge in [0.25, 0.3) is 0 Å². The predicted octanol–water partition coefficient (Wildman–Crippen LogP) is 21.1. The first kappa shape index (κ1) is 101. The zero-order valence-corrected chi connectivity index (χ0v) is 81.2. The van der Waals surface area contributed by atoms with Crippen LogP contribution in [0.5, 0.6) is 0 Å². The molecule has 0 radical (unpaired) electrons. The molecule has 3 atom stereocenters. The molecule has 0 bridgehead atoms. The van der Waals surface area contributed by atoms with Crippen molar-refractivity contribution in [1.29, 1.82) is 0 Å². The van der Waals surface area contributed by atoms with E-state index in [-0.39, 0.29) is 115 Å². The van der Waals surface area contributed by atoms with Gasteiger partial charge in [-0.1, -0.05) is 376 Å². The number of para-hydroxylation sites is 1. The lowest BCUT2D eigenvalue weighted by Crippen LogP contribution is -2.65. The highest BCUT2D eigenvalue weighted by Gasteiger charge is 2.56. The summed E-state index contributed by atoms with van der Waals surface area (Å²) >= 11 is 0. The maximum Gasteiger partial charge on any atom is 0.338 e. The lowest BCUT2D eigenvalue weighted by Gasteiger charge is -2.45. The molecule has 5 aliphatic heterocycles. The van der Waals surface area contributed by atoms with E-state index in [4.69, 9.17) is 0 Å². The van der Waals surface area contributed by atoms with E-state index in [0.29, 0.717) is 24.1 Å². The van der Waals surface area contributed by atoms with E-state index in [0.717, 1.165) is 237 Å². The number of carbonyl (C=O) groups is 15. The maximum atomic E-state index is 13.4. The van der Waals surface area contributed by atoms with Gasteiger partial charge in [-0.15, -0.1) is 0 Å². The van der Waals surface area contributed by atoms with E-state index >= 15 is 0 Å². The summed E-state index contributed by atoms with van der Waals surface area (Å²) in [4.78, 5) is 211. The molecule has 25 nitrogen and oxygen atoms in total. The summed E-state index contributed by atoms with van der Waals surface area (Å²) in [6.45, 7) is 2.38. The Morgan fingerprint density at radius 3 is 0.951 bits per heavy atom. The van der Waals surface area contributed by atoms with E-state index in [1.54, 1.807) is 24.3 Å². The second kappa shape index (κ2) is 48.5. The zero-order chi connectivity index (χ0) is 99.1. The number of barbiturate groups is 5. The summed E-state index contributed by atoms with van der Waals surface area (Å²) in [5.41, 5.74) is 8.47. The van der Waals surface area contributed by atoms with E-state index in [2.05, 4.69) is 5.32 Å². The first-order chi connectivity index (χ1) is 69.2. The standard InChI is InChI=1S/C25H28N2O3.C24H20N2O3.C23H24N2O3.C23H30N2O3.C22H28N2O3/c1-18-12-14-19(15-13-18)16-22-23(28)26(17-20-8-4-2-5-9-20)25(30)27(24(22)29)21-10-6-3-7-11-21;27-22-20(16-17-10-4-1-5-11-17)23(28)26(24(29)25-22)21(18-12-6-2-7-13-18)19-14-8-3-9-15-19;26-21-20(18-12-6-2-7-13-18)22(27)25(19-14-8-3-9-15-19)23(28)24(21)16-17-10-4-1-5-11-17;26-21-20(16-17-10-4-1-5-11-17)22(27)25(19-14-8-3-9-15-19)23(28)24(21)18-12-6-2-7-13-18;25-20-19(16-10-4-1-5-11-16)21(26)24(18-14-8-3-9-15-18)22(27)23(20)17-12-6-2-7-13-17/h2,4-5,8-9,12-15,21-22H,3,6-7,10-11,16-17H2,1H3;1-15,20-21H,16H2,(H,25,27,29);1,3-5,8-11,14-15,18,20H,2,6-7,12-13,16H2;1,4-5,10-11,18-20H,2-3,6-9,12-16H2;1,4-5,10-11,17-19H,2-3,6-9,12-15H2. The van der Waals surface area contributed by atoms with E-state index in [1.165, 1.54) is 44.1 Å². The normalized spacial score (nSPS) is 21.2. The van der Waals surface area contributed by atoms with Crippen molar-refractivity contribution in [2.45, 2.75) is 274 Å². The fourth-order valence-electron chi connectivity index (χ4n) is 22.6. The number of amides is 20. The van der Waals surface area contributed by atoms with E-state index in [9.17, 15) is 71.9 Å². The molecule has 0 aromatic heterocycles. The monoisotopic (exact) mass is 1910 g/mol. The molecule has 6 aliphatic carbocycles. The maximum absolute atomic E-state index is 13.4. The van der Waals surface area contributed by atoms with Crippen LogP contribution in [0.25, 0.3) is 0 Å². The molecule has 3 unspecified atom stereocenters. The molecule has 1 N–H and O–H groups in total. The third kappa shape index (κ3) is 23.7. The molecule has 0 spiro atoms. The van der Waals surface area contributed by atoms with Gasteiger partial charge in [0, 0.05) is 30.2 Å². The molecule has 20 rings (SSSR count). The summed E-state index contributed by atoms with van der Waals surface area (Å²) in [7, 11) is 0. The van der Waals surface area contributed by atoms with Crippen LogP contribution in [0.2, 0.25) is 0 Å². The van der Waals surface area contributed by atoms with Gasteiger partial charge in [-0.2, -0.15) is 0 Å². The highest BCUT2D eigenvalue weighted by atomic mass is 16.2. The number of anilines is 1. The molecule has 25 heteroatoms. The SMILES string of the molecule is Cc1ccc(CC2C(=O)N(Cc3ccccc3)C(=O)N(C3CCCCC3)C2=O)cc1.O=C1C(C2CCCCC2)C(=O)N(c2ccccc2)C(=O)N1Cc1ccccc1.O=C1C(Cc2ccccc2)C(=O)N(C2CCCCC2)C(=O)N1C1CCCCC1.O=C1C(c2ccccc2)C(=O)N(C2CCCCC2)C(=O)N1C1CCCCC1.O=C1NC(=O)N(C(c2ccccc2)c2ccccc2)C(=O)C1Cc1ccccc1. The number of urea groups is 5. The Kier molecular flexibility index (Phi) is 34.5. The number of hydrogen-bond acceptors (Lipinski definition) is 15. The van der Waals surface area contributed by atoms with Crippen LogP contribution in [0.1, 0.15) is 255 Å². The lowest BCUT2D eigenvalue weighted by molar-refractivity contribution is -0.154. The minimum atomic E-state index is -0.954. The number of benzene rings is 9. The quantitative estimate of drug-likeness (QED) is 0.0654. The fraction of sp³-hybridized carbons (Fsp3) is 0.410. The minimum Gasteiger partial charge on any atom is -0.277 e. The molecule has 20 amide bonds.